The Bertz CT molecular complexity index is 973. The summed E-state index contributed by atoms with van der Waals surface area (Å²) in [7, 11) is 0. The van der Waals surface area contributed by atoms with E-state index in [1.165, 1.54) is 50.1 Å². The fraction of sp³-hybridized carbons (Fsp3) is 0.640. The molecule has 1 saturated heterocycles. The molecule has 7 rings (SSSR count). The minimum atomic E-state index is 0.0770. The third kappa shape index (κ3) is 4.59. The summed E-state index contributed by atoms with van der Waals surface area (Å²) in [5, 5.41) is 5.25. The maximum atomic E-state index is 13.3. The van der Waals surface area contributed by atoms with Crippen molar-refractivity contribution >= 4 is 34.3 Å². The van der Waals surface area contributed by atoms with Crippen LogP contribution in [-0.4, -0.2) is 52.0 Å². The van der Waals surface area contributed by atoms with Crippen molar-refractivity contribution in [1.82, 2.24) is 19.6 Å². The van der Waals surface area contributed by atoms with Gasteiger partial charge >= 0.3 is 6.03 Å². The van der Waals surface area contributed by atoms with E-state index in [1.807, 2.05) is 29.2 Å². The van der Waals surface area contributed by atoms with Crippen molar-refractivity contribution in [3.63, 3.8) is 0 Å². The maximum Gasteiger partial charge on any atom is 0.317 e. The first-order valence-corrected chi connectivity index (χ1v) is 13.6. The van der Waals surface area contributed by atoms with Crippen molar-refractivity contribution in [3.05, 3.63) is 40.7 Å². The quantitative estimate of drug-likeness (QED) is 0.664. The van der Waals surface area contributed by atoms with E-state index in [0.29, 0.717) is 6.42 Å². The minimum Gasteiger partial charge on any atom is -0.345 e. The van der Waals surface area contributed by atoms with Gasteiger partial charge < -0.3 is 15.1 Å². The molecule has 4 bridgehead atoms. The highest BCUT2D eigenvalue weighted by Crippen LogP contribution is 2.55. The third-order valence-electron chi connectivity index (χ3n) is 8.20. The standard InChI is InChI=1S/C25H32ClN5OS/c26-21-4-2-17(3-5-21)13-22-27-24(33-29-22)31-7-1-6-30(8-9-31)23(32)28-25-14-18-10-19(15-25)12-20(11-18)16-25/h2-5,18-20H,1,6-16H2,(H,28,32). The van der Waals surface area contributed by atoms with Crippen molar-refractivity contribution in [3.8, 4) is 0 Å². The number of aromatic nitrogens is 2. The zero-order valence-electron chi connectivity index (χ0n) is 19.0. The number of nitrogens with one attached hydrogen (secondary N) is 1. The lowest BCUT2D eigenvalue weighted by atomic mass is 9.53. The van der Waals surface area contributed by atoms with E-state index in [1.54, 1.807) is 0 Å². The van der Waals surface area contributed by atoms with Gasteiger partial charge in [-0.1, -0.05) is 23.7 Å². The molecule has 0 unspecified atom stereocenters. The first-order valence-electron chi connectivity index (χ1n) is 12.4. The topological polar surface area (TPSA) is 61.4 Å². The lowest BCUT2D eigenvalue weighted by Crippen LogP contribution is -2.62. The smallest absolute Gasteiger partial charge is 0.317 e. The molecule has 0 radical (unpaired) electrons. The molecule has 33 heavy (non-hydrogen) atoms. The molecule has 4 saturated carbocycles. The fourth-order valence-corrected chi connectivity index (χ4v) is 7.97. The Kier molecular flexibility index (Phi) is 5.73. The molecular formula is C25H32ClN5OS. The summed E-state index contributed by atoms with van der Waals surface area (Å²) in [6.45, 7) is 3.27. The molecular weight excluding hydrogens is 454 g/mol. The van der Waals surface area contributed by atoms with Crippen LogP contribution in [0.5, 0.6) is 0 Å². The number of nitrogens with zero attached hydrogens (tertiary/aromatic N) is 4. The summed E-state index contributed by atoms with van der Waals surface area (Å²) in [6, 6.07) is 8.01. The van der Waals surface area contributed by atoms with Crippen LogP contribution in [0.3, 0.4) is 0 Å². The van der Waals surface area contributed by atoms with Crippen molar-refractivity contribution in [1.29, 1.82) is 0 Å². The van der Waals surface area contributed by atoms with Gasteiger partial charge in [0.2, 0.25) is 5.13 Å². The van der Waals surface area contributed by atoms with Gasteiger partial charge in [-0.15, -0.1) is 0 Å². The number of rotatable bonds is 4. The predicted molar refractivity (Wildman–Crippen MR) is 132 cm³/mol. The molecule has 0 atom stereocenters. The van der Waals surface area contributed by atoms with Crippen LogP contribution in [0.25, 0.3) is 0 Å². The molecule has 5 aliphatic rings. The first kappa shape index (κ1) is 21.7. The molecule has 1 aliphatic heterocycles. The third-order valence-corrected chi connectivity index (χ3v) is 9.26. The van der Waals surface area contributed by atoms with Gasteiger partial charge in [-0.05, 0) is 80.4 Å². The normalized spacial score (nSPS) is 31.0. The zero-order chi connectivity index (χ0) is 22.4. The van der Waals surface area contributed by atoms with Crippen molar-refractivity contribution in [2.24, 2.45) is 17.8 Å². The zero-order valence-corrected chi connectivity index (χ0v) is 20.6. The lowest BCUT2D eigenvalue weighted by Gasteiger charge is -2.57. The van der Waals surface area contributed by atoms with Crippen molar-refractivity contribution in [2.45, 2.75) is 56.9 Å². The average Bonchev–Trinajstić information content (AvgIpc) is 3.08. The number of hydrogen-bond acceptors (Lipinski definition) is 5. The van der Waals surface area contributed by atoms with Gasteiger partial charge in [0.1, 0.15) is 5.82 Å². The Hall–Kier alpha value is -1.86. The summed E-state index contributed by atoms with van der Waals surface area (Å²) in [4.78, 5) is 22.4. The molecule has 2 aromatic rings. The predicted octanol–water partition coefficient (Wildman–Crippen LogP) is 4.97. The Balaban J connectivity index is 1.06. The largest absolute Gasteiger partial charge is 0.345 e. The van der Waals surface area contributed by atoms with E-state index in [0.717, 1.165) is 71.9 Å². The summed E-state index contributed by atoms with van der Waals surface area (Å²) in [5.74, 6) is 3.37. The van der Waals surface area contributed by atoms with Gasteiger partial charge in [0.05, 0.1) is 0 Å². The fourth-order valence-electron chi connectivity index (χ4n) is 7.11. The average molecular weight is 486 g/mol. The molecule has 176 valence electrons. The summed E-state index contributed by atoms with van der Waals surface area (Å²) in [5.41, 5.74) is 1.24. The van der Waals surface area contributed by atoms with E-state index in [9.17, 15) is 4.79 Å². The second-order valence-corrected chi connectivity index (χ2v) is 11.9. The molecule has 2 amide bonds. The van der Waals surface area contributed by atoms with Crippen LogP contribution < -0.4 is 10.2 Å². The van der Waals surface area contributed by atoms with E-state index >= 15 is 0 Å². The number of anilines is 1. The Morgan fingerprint density at radius 3 is 2.42 bits per heavy atom. The molecule has 8 heteroatoms. The molecule has 0 spiro atoms. The number of hydrogen-bond donors (Lipinski definition) is 1. The van der Waals surface area contributed by atoms with Crippen molar-refractivity contribution < 1.29 is 4.79 Å². The number of benzene rings is 1. The van der Waals surface area contributed by atoms with Crippen LogP contribution in [-0.2, 0) is 6.42 Å². The van der Waals surface area contributed by atoms with Crippen molar-refractivity contribution in [2.75, 3.05) is 31.1 Å². The molecule has 1 aromatic carbocycles. The summed E-state index contributed by atoms with van der Waals surface area (Å²) in [6.07, 6.45) is 9.46. The number of amides is 2. The van der Waals surface area contributed by atoms with Gasteiger partial charge in [-0.3, -0.25) is 0 Å². The van der Waals surface area contributed by atoms with Crippen LogP contribution in [0, 0.1) is 17.8 Å². The molecule has 1 N–H and O–H groups in total. The highest BCUT2D eigenvalue weighted by Gasteiger charge is 2.51. The first-order chi connectivity index (χ1) is 16.0. The highest BCUT2D eigenvalue weighted by molar-refractivity contribution is 7.09. The lowest BCUT2D eigenvalue weighted by molar-refractivity contribution is -0.0155. The molecule has 1 aromatic heterocycles. The Labute approximate surface area is 204 Å². The van der Waals surface area contributed by atoms with Gasteiger partial charge in [0, 0.05) is 54.7 Å². The van der Waals surface area contributed by atoms with E-state index in [-0.39, 0.29) is 11.6 Å². The van der Waals surface area contributed by atoms with Gasteiger partial charge in [-0.2, -0.15) is 4.37 Å². The van der Waals surface area contributed by atoms with Crippen LogP contribution in [0.2, 0.25) is 5.02 Å². The minimum absolute atomic E-state index is 0.0770. The number of urea groups is 1. The number of carbonyl (C=O) groups excluding carboxylic acids is 1. The van der Waals surface area contributed by atoms with E-state index in [2.05, 4.69) is 14.6 Å². The summed E-state index contributed by atoms with van der Waals surface area (Å²) >= 11 is 7.45. The molecule has 2 heterocycles. The van der Waals surface area contributed by atoms with E-state index in [4.69, 9.17) is 16.6 Å². The van der Waals surface area contributed by atoms with Gasteiger partial charge in [0.25, 0.3) is 0 Å². The van der Waals surface area contributed by atoms with Gasteiger partial charge in [-0.25, -0.2) is 9.78 Å². The number of halogens is 1. The second-order valence-electron chi connectivity index (χ2n) is 10.8. The van der Waals surface area contributed by atoms with Gasteiger partial charge in [0.15, 0.2) is 0 Å². The Morgan fingerprint density at radius 1 is 1.03 bits per heavy atom. The van der Waals surface area contributed by atoms with Crippen LogP contribution in [0.1, 0.15) is 56.3 Å². The monoisotopic (exact) mass is 485 g/mol. The van der Waals surface area contributed by atoms with E-state index < -0.39 is 0 Å². The molecule has 5 fully saturated rings. The van der Waals surface area contributed by atoms with Crippen LogP contribution in [0.4, 0.5) is 9.93 Å². The Morgan fingerprint density at radius 2 is 1.73 bits per heavy atom. The highest BCUT2D eigenvalue weighted by atomic mass is 35.5. The number of carbonyl (C=O) groups is 1. The van der Waals surface area contributed by atoms with Crippen LogP contribution >= 0.6 is 23.1 Å². The SMILES string of the molecule is O=C(NC12CC3CC(CC(C3)C1)C2)N1CCCN(c2nc(Cc3ccc(Cl)cc3)ns2)CC1. The maximum absolute atomic E-state index is 13.3. The van der Waals surface area contributed by atoms with Crippen LogP contribution in [0.15, 0.2) is 24.3 Å². The molecule has 6 nitrogen and oxygen atoms in total. The summed E-state index contributed by atoms with van der Waals surface area (Å²) < 4.78 is 4.58. The molecule has 4 aliphatic carbocycles. The second kappa shape index (κ2) is 8.73.